The van der Waals surface area contributed by atoms with Crippen molar-refractivity contribution in [3.63, 3.8) is 0 Å². The first kappa shape index (κ1) is 13.7. The van der Waals surface area contributed by atoms with Gasteiger partial charge in [-0.3, -0.25) is 0 Å². The fourth-order valence-corrected chi connectivity index (χ4v) is 2.56. The zero-order valence-corrected chi connectivity index (χ0v) is 11.3. The zero-order valence-electron chi connectivity index (χ0n) is 11.3. The molecule has 19 heavy (non-hydrogen) atoms. The van der Waals surface area contributed by atoms with Crippen LogP contribution in [0.15, 0.2) is 35.9 Å². The van der Waals surface area contributed by atoms with Gasteiger partial charge in [-0.25, -0.2) is 4.79 Å². The molecule has 1 aliphatic rings. The summed E-state index contributed by atoms with van der Waals surface area (Å²) in [5, 5.41) is 9.29. The van der Waals surface area contributed by atoms with Gasteiger partial charge in [-0.05, 0) is 56.2 Å². The van der Waals surface area contributed by atoms with Gasteiger partial charge in [0.1, 0.15) is 5.75 Å². The Balaban J connectivity index is 1.92. The third-order valence-corrected chi connectivity index (χ3v) is 3.60. The van der Waals surface area contributed by atoms with Crippen LogP contribution in [0.5, 0.6) is 5.75 Å². The van der Waals surface area contributed by atoms with Crippen LogP contribution in [0.2, 0.25) is 0 Å². The molecule has 0 bridgehead atoms. The average Bonchev–Trinajstić information content (AvgIpc) is 2.41. The second kappa shape index (κ2) is 6.41. The van der Waals surface area contributed by atoms with E-state index in [1.54, 1.807) is 18.2 Å². The molecule has 0 amide bonds. The number of esters is 1. The van der Waals surface area contributed by atoms with Crippen LogP contribution in [0.25, 0.3) is 0 Å². The van der Waals surface area contributed by atoms with E-state index in [0.29, 0.717) is 18.3 Å². The minimum Gasteiger partial charge on any atom is -0.508 e. The van der Waals surface area contributed by atoms with Crippen molar-refractivity contribution in [3.05, 3.63) is 41.5 Å². The summed E-state index contributed by atoms with van der Waals surface area (Å²) in [6, 6.07) is 7.44. The molecule has 0 saturated heterocycles. The van der Waals surface area contributed by atoms with Gasteiger partial charge in [0.2, 0.25) is 0 Å². The summed E-state index contributed by atoms with van der Waals surface area (Å²) >= 11 is 0. The predicted molar refractivity (Wildman–Crippen MR) is 74.0 cm³/mol. The lowest BCUT2D eigenvalue weighted by Crippen LogP contribution is -2.09. The molecule has 1 aromatic rings. The first-order valence-electron chi connectivity index (χ1n) is 6.84. The van der Waals surface area contributed by atoms with Crippen LogP contribution in [0.4, 0.5) is 0 Å². The number of ether oxygens (including phenoxy) is 1. The third-order valence-electron chi connectivity index (χ3n) is 3.60. The van der Waals surface area contributed by atoms with E-state index in [4.69, 9.17) is 4.74 Å². The lowest BCUT2D eigenvalue weighted by Gasteiger charge is -2.24. The second-order valence-corrected chi connectivity index (χ2v) is 4.92. The fourth-order valence-electron chi connectivity index (χ4n) is 2.56. The van der Waals surface area contributed by atoms with E-state index in [1.165, 1.54) is 11.1 Å². The number of aromatic hydroxyl groups is 1. The maximum atomic E-state index is 11.4. The highest BCUT2D eigenvalue weighted by Crippen LogP contribution is 2.35. The molecule has 2 rings (SSSR count). The van der Waals surface area contributed by atoms with Crippen molar-refractivity contribution in [2.24, 2.45) is 0 Å². The number of benzene rings is 1. The van der Waals surface area contributed by atoms with E-state index in [-0.39, 0.29) is 5.97 Å². The van der Waals surface area contributed by atoms with Crippen molar-refractivity contribution < 1.29 is 14.6 Å². The molecule has 1 aromatic carbocycles. The zero-order chi connectivity index (χ0) is 13.7. The third kappa shape index (κ3) is 3.85. The highest BCUT2D eigenvalue weighted by atomic mass is 16.5. The van der Waals surface area contributed by atoms with Gasteiger partial charge in [-0.1, -0.05) is 17.7 Å². The SMILES string of the molecule is CCOC(=O)C=C1CCC(c2ccc(O)cc2)CC1. The van der Waals surface area contributed by atoms with Crippen molar-refractivity contribution in [2.45, 2.75) is 38.5 Å². The summed E-state index contributed by atoms with van der Waals surface area (Å²) in [5.74, 6) is 0.614. The van der Waals surface area contributed by atoms with E-state index in [1.807, 2.05) is 19.1 Å². The van der Waals surface area contributed by atoms with Crippen molar-refractivity contribution in [1.29, 1.82) is 0 Å². The molecule has 1 fully saturated rings. The van der Waals surface area contributed by atoms with Crippen molar-refractivity contribution in [2.75, 3.05) is 6.61 Å². The molecule has 0 spiro atoms. The maximum absolute atomic E-state index is 11.4. The molecular weight excluding hydrogens is 240 g/mol. The summed E-state index contributed by atoms with van der Waals surface area (Å²) in [6.07, 6.45) is 5.65. The van der Waals surface area contributed by atoms with Crippen LogP contribution >= 0.6 is 0 Å². The van der Waals surface area contributed by atoms with Crippen LogP contribution < -0.4 is 0 Å². The minimum absolute atomic E-state index is 0.222. The Bertz CT molecular complexity index is 449. The summed E-state index contributed by atoms with van der Waals surface area (Å²) in [4.78, 5) is 11.4. The number of carbonyl (C=O) groups excluding carboxylic acids is 1. The monoisotopic (exact) mass is 260 g/mol. The number of phenols is 1. The molecule has 1 saturated carbocycles. The first-order chi connectivity index (χ1) is 9.19. The second-order valence-electron chi connectivity index (χ2n) is 4.92. The van der Waals surface area contributed by atoms with Gasteiger partial charge < -0.3 is 9.84 Å². The summed E-state index contributed by atoms with van der Waals surface area (Å²) in [6.45, 7) is 2.25. The molecule has 0 unspecified atom stereocenters. The van der Waals surface area contributed by atoms with Crippen LogP contribution in [0.1, 0.15) is 44.1 Å². The average molecular weight is 260 g/mol. The van der Waals surface area contributed by atoms with Gasteiger partial charge in [-0.2, -0.15) is 0 Å². The van der Waals surface area contributed by atoms with E-state index in [2.05, 4.69) is 0 Å². The van der Waals surface area contributed by atoms with Gasteiger partial charge in [0.05, 0.1) is 6.61 Å². The smallest absolute Gasteiger partial charge is 0.330 e. The molecule has 0 atom stereocenters. The Kier molecular flexibility index (Phi) is 4.61. The topological polar surface area (TPSA) is 46.5 Å². The quantitative estimate of drug-likeness (QED) is 0.668. The number of hydrogen-bond acceptors (Lipinski definition) is 3. The Labute approximate surface area is 113 Å². The lowest BCUT2D eigenvalue weighted by atomic mass is 9.81. The number of rotatable bonds is 3. The Morgan fingerprint density at radius 2 is 1.95 bits per heavy atom. The first-order valence-corrected chi connectivity index (χ1v) is 6.84. The Hall–Kier alpha value is -1.77. The number of hydrogen-bond donors (Lipinski definition) is 1. The molecular formula is C16H20O3. The Morgan fingerprint density at radius 1 is 1.32 bits per heavy atom. The van der Waals surface area contributed by atoms with E-state index in [9.17, 15) is 9.90 Å². The number of allylic oxidation sites excluding steroid dienone is 1. The van der Waals surface area contributed by atoms with E-state index in [0.717, 1.165) is 25.7 Å². The summed E-state index contributed by atoms with van der Waals surface area (Å²) in [5.41, 5.74) is 2.46. The molecule has 3 nitrogen and oxygen atoms in total. The maximum Gasteiger partial charge on any atom is 0.330 e. The van der Waals surface area contributed by atoms with E-state index < -0.39 is 0 Å². The van der Waals surface area contributed by atoms with Crippen molar-refractivity contribution in [1.82, 2.24) is 0 Å². The van der Waals surface area contributed by atoms with Gasteiger partial charge in [0, 0.05) is 6.08 Å². The molecule has 0 aliphatic heterocycles. The van der Waals surface area contributed by atoms with Gasteiger partial charge in [0.25, 0.3) is 0 Å². The molecule has 1 N–H and O–H groups in total. The van der Waals surface area contributed by atoms with Gasteiger partial charge in [0.15, 0.2) is 0 Å². The standard InChI is InChI=1S/C16H20O3/c1-2-19-16(18)11-12-3-5-13(6-4-12)14-7-9-15(17)10-8-14/h7-11,13,17H,2-6H2,1H3. The number of phenolic OH excluding ortho intramolecular Hbond substituents is 1. The molecule has 3 heteroatoms. The molecule has 0 heterocycles. The molecule has 1 aliphatic carbocycles. The summed E-state index contributed by atoms with van der Waals surface area (Å²) in [7, 11) is 0. The highest BCUT2D eigenvalue weighted by molar-refractivity contribution is 5.82. The predicted octanol–water partition coefficient (Wildman–Crippen LogP) is 3.54. The van der Waals surface area contributed by atoms with Crippen LogP contribution in [-0.2, 0) is 9.53 Å². The number of carbonyl (C=O) groups is 1. The molecule has 102 valence electrons. The fraction of sp³-hybridized carbons (Fsp3) is 0.438. The van der Waals surface area contributed by atoms with Gasteiger partial charge >= 0.3 is 5.97 Å². The lowest BCUT2D eigenvalue weighted by molar-refractivity contribution is -0.137. The highest BCUT2D eigenvalue weighted by Gasteiger charge is 2.18. The van der Waals surface area contributed by atoms with Crippen LogP contribution in [-0.4, -0.2) is 17.7 Å². The van der Waals surface area contributed by atoms with Crippen molar-refractivity contribution in [3.8, 4) is 5.75 Å². The summed E-state index contributed by atoms with van der Waals surface area (Å²) < 4.78 is 4.93. The minimum atomic E-state index is -0.222. The largest absolute Gasteiger partial charge is 0.508 e. The van der Waals surface area contributed by atoms with Gasteiger partial charge in [-0.15, -0.1) is 0 Å². The van der Waals surface area contributed by atoms with Crippen molar-refractivity contribution >= 4 is 5.97 Å². The molecule has 0 radical (unpaired) electrons. The normalized spacial score (nSPS) is 19.0. The van der Waals surface area contributed by atoms with Crippen LogP contribution in [0.3, 0.4) is 0 Å². The van der Waals surface area contributed by atoms with E-state index >= 15 is 0 Å². The Morgan fingerprint density at radius 3 is 2.53 bits per heavy atom. The van der Waals surface area contributed by atoms with Crippen LogP contribution in [0, 0.1) is 0 Å². The molecule has 0 aromatic heterocycles.